The number of anilines is 1. The first-order chi connectivity index (χ1) is 10.5. The molecule has 2 aromatic carbocycles. The first-order valence-electron chi connectivity index (χ1n) is 6.67. The summed E-state index contributed by atoms with van der Waals surface area (Å²) < 4.78 is 32.7. The van der Waals surface area contributed by atoms with Crippen molar-refractivity contribution in [3.63, 3.8) is 0 Å². The summed E-state index contributed by atoms with van der Waals surface area (Å²) in [4.78, 5) is 12.2. The number of halogens is 3. The fourth-order valence-electron chi connectivity index (χ4n) is 1.80. The second-order valence-electron chi connectivity index (χ2n) is 4.58. The van der Waals surface area contributed by atoms with Crippen LogP contribution in [-0.2, 0) is 4.79 Å². The van der Waals surface area contributed by atoms with Crippen LogP contribution < -0.4 is 10.1 Å². The quantitative estimate of drug-likeness (QED) is 0.840. The average Bonchev–Trinajstić information content (AvgIpc) is 2.49. The Morgan fingerprint density at radius 1 is 1.23 bits per heavy atom. The smallest absolute Gasteiger partial charge is 0.265 e. The summed E-state index contributed by atoms with van der Waals surface area (Å²) >= 11 is 3.15. The lowest BCUT2D eigenvalue weighted by molar-refractivity contribution is -0.122. The number of carbonyl (C=O) groups excluding carboxylic acids is 1. The van der Waals surface area contributed by atoms with Crippen molar-refractivity contribution in [3.8, 4) is 5.75 Å². The second kappa shape index (κ2) is 7.35. The molecule has 22 heavy (non-hydrogen) atoms. The maximum absolute atomic E-state index is 13.7. The van der Waals surface area contributed by atoms with Gasteiger partial charge < -0.3 is 10.1 Å². The highest BCUT2D eigenvalue weighted by atomic mass is 79.9. The van der Waals surface area contributed by atoms with Gasteiger partial charge in [-0.15, -0.1) is 0 Å². The van der Waals surface area contributed by atoms with Gasteiger partial charge >= 0.3 is 0 Å². The average molecular weight is 370 g/mol. The minimum atomic E-state index is -0.798. The van der Waals surface area contributed by atoms with E-state index < -0.39 is 17.8 Å². The highest BCUT2D eigenvalue weighted by molar-refractivity contribution is 9.10. The van der Waals surface area contributed by atoms with Crippen LogP contribution in [-0.4, -0.2) is 12.0 Å². The monoisotopic (exact) mass is 369 g/mol. The zero-order valence-corrected chi connectivity index (χ0v) is 13.4. The Bertz CT molecular complexity index is 662. The number of hydrogen-bond acceptors (Lipinski definition) is 2. The molecule has 0 fully saturated rings. The van der Waals surface area contributed by atoms with Crippen LogP contribution in [0.2, 0.25) is 0 Å². The largest absolute Gasteiger partial charge is 0.481 e. The molecule has 0 radical (unpaired) electrons. The molecule has 0 saturated carbocycles. The maximum atomic E-state index is 13.7. The van der Waals surface area contributed by atoms with E-state index in [4.69, 9.17) is 4.74 Å². The zero-order chi connectivity index (χ0) is 16.1. The molecule has 1 atom stereocenters. The summed E-state index contributed by atoms with van der Waals surface area (Å²) in [5.74, 6) is -1.02. The lowest BCUT2D eigenvalue weighted by Crippen LogP contribution is -2.32. The molecule has 1 N–H and O–H groups in total. The highest BCUT2D eigenvalue weighted by Gasteiger charge is 2.19. The van der Waals surface area contributed by atoms with Gasteiger partial charge in [-0.1, -0.05) is 22.9 Å². The van der Waals surface area contributed by atoms with Gasteiger partial charge in [-0.3, -0.25) is 4.79 Å². The van der Waals surface area contributed by atoms with Crippen LogP contribution in [0.4, 0.5) is 14.5 Å². The molecule has 0 unspecified atom stereocenters. The van der Waals surface area contributed by atoms with Crippen LogP contribution in [0.3, 0.4) is 0 Å². The summed E-state index contributed by atoms with van der Waals surface area (Å²) in [7, 11) is 0. The van der Waals surface area contributed by atoms with Gasteiger partial charge in [0.1, 0.15) is 17.4 Å². The van der Waals surface area contributed by atoms with Gasteiger partial charge in [0.15, 0.2) is 6.10 Å². The summed E-state index contributed by atoms with van der Waals surface area (Å²) in [6.07, 6.45) is -0.407. The second-order valence-corrected chi connectivity index (χ2v) is 5.50. The third kappa shape index (κ3) is 4.27. The van der Waals surface area contributed by atoms with E-state index in [9.17, 15) is 13.6 Å². The van der Waals surface area contributed by atoms with E-state index in [1.807, 2.05) is 0 Å². The van der Waals surface area contributed by atoms with Crippen LogP contribution in [0.5, 0.6) is 5.75 Å². The SMILES string of the molecule is CC[C@H](Oc1ccc(F)cc1)C(=O)Nc1ccc(Br)cc1F. The first-order valence-corrected chi connectivity index (χ1v) is 7.47. The molecule has 0 aromatic heterocycles. The molecule has 0 heterocycles. The molecule has 0 aliphatic heterocycles. The Morgan fingerprint density at radius 3 is 2.50 bits per heavy atom. The third-order valence-electron chi connectivity index (χ3n) is 2.94. The standard InChI is InChI=1S/C16H14BrF2NO2/c1-2-15(22-12-6-4-11(18)5-7-12)16(21)20-14-8-3-10(17)9-13(14)19/h3-9,15H,2H2,1H3,(H,20,21)/t15-/m0/s1. The van der Waals surface area contributed by atoms with Crippen molar-refractivity contribution >= 4 is 27.5 Å². The van der Waals surface area contributed by atoms with Gasteiger partial charge in [0, 0.05) is 4.47 Å². The van der Waals surface area contributed by atoms with Crippen molar-refractivity contribution in [2.75, 3.05) is 5.32 Å². The Kier molecular flexibility index (Phi) is 5.49. The molecule has 0 spiro atoms. The van der Waals surface area contributed by atoms with Gasteiger partial charge in [0.25, 0.3) is 5.91 Å². The number of amides is 1. The van der Waals surface area contributed by atoms with E-state index in [0.29, 0.717) is 16.6 Å². The molecule has 0 aliphatic carbocycles. The lowest BCUT2D eigenvalue weighted by Gasteiger charge is -2.17. The van der Waals surface area contributed by atoms with Crippen molar-refractivity contribution < 1.29 is 18.3 Å². The van der Waals surface area contributed by atoms with Gasteiger partial charge in [0.2, 0.25) is 0 Å². The van der Waals surface area contributed by atoms with E-state index in [1.165, 1.54) is 36.4 Å². The highest BCUT2D eigenvalue weighted by Crippen LogP contribution is 2.20. The van der Waals surface area contributed by atoms with Crippen molar-refractivity contribution in [1.82, 2.24) is 0 Å². The summed E-state index contributed by atoms with van der Waals surface area (Å²) in [5, 5.41) is 2.49. The summed E-state index contributed by atoms with van der Waals surface area (Å²) in [5.41, 5.74) is 0.0781. The molecular weight excluding hydrogens is 356 g/mol. The van der Waals surface area contributed by atoms with Crippen LogP contribution >= 0.6 is 15.9 Å². The van der Waals surface area contributed by atoms with Crippen LogP contribution in [0.25, 0.3) is 0 Å². The number of benzene rings is 2. The Morgan fingerprint density at radius 2 is 1.91 bits per heavy atom. The van der Waals surface area contributed by atoms with Crippen molar-refractivity contribution in [2.24, 2.45) is 0 Å². The molecule has 6 heteroatoms. The summed E-state index contributed by atoms with van der Waals surface area (Å²) in [6.45, 7) is 1.77. The van der Waals surface area contributed by atoms with Crippen LogP contribution in [0.1, 0.15) is 13.3 Å². The Hall–Kier alpha value is -1.95. The van der Waals surface area contributed by atoms with Gasteiger partial charge in [0.05, 0.1) is 5.69 Å². The van der Waals surface area contributed by atoms with Crippen molar-refractivity contribution in [1.29, 1.82) is 0 Å². The fraction of sp³-hybridized carbons (Fsp3) is 0.188. The van der Waals surface area contributed by atoms with Gasteiger partial charge in [-0.25, -0.2) is 8.78 Å². The fourth-order valence-corrected chi connectivity index (χ4v) is 2.14. The summed E-state index contributed by atoms with van der Waals surface area (Å²) in [6, 6.07) is 9.71. The number of nitrogens with one attached hydrogen (secondary N) is 1. The lowest BCUT2D eigenvalue weighted by atomic mass is 10.2. The van der Waals surface area contributed by atoms with E-state index >= 15 is 0 Å². The van der Waals surface area contributed by atoms with Crippen molar-refractivity contribution in [3.05, 3.63) is 58.6 Å². The van der Waals surface area contributed by atoms with Crippen LogP contribution in [0, 0.1) is 11.6 Å². The maximum Gasteiger partial charge on any atom is 0.265 e. The Labute approximate surface area is 135 Å². The molecule has 0 saturated heterocycles. The minimum Gasteiger partial charge on any atom is -0.481 e. The molecule has 2 rings (SSSR count). The molecular formula is C16H14BrF2NO2. The minimum absolute atomic E-state index is 0.0781. The van der Waals surface area contributed by atoms with E-state index in [-0.39, 0.29) is 11.5 Å². The molecule has 116 valence electrons. The predicted molar refractivity (Wildman–Crippen MR) is 83.8 cm³/mol. The van der Waals surface area contributed by atoms with Gasteiger partial charge in [-0.05, 0) is 48.9 Å². The normalized spacial score (nSPS) is 11.8. The molecule has 1 amide bonds. The number of hydrogen-bond donors (Lipinski definition) is 1. The number of carbonyl (C=O) groups is 1. The Balaban J connectivity index is 2.06. The third-order valence-corrected chi connectivity index (χ3v) is 3.44. The molecule has 0 aliphatic rings. The van der Waals surface area contributed by atoms with Gasteiger partial charge in [-0.2, -0.15) is 0 Å². The predicted octanol–water partition coefficient (Wildman–Crippen LogP) is 4.52. The molecule has 3 nitrogen and oxygen atoms in total. The number of ether oxygens (including phenoxy) is 1. The topological polar surface area (TPSA) is 38.3 Å². The first kappa shape index (κ1) is 16.4. The number of rotatable bonds is 5. The van der Waals surface area contributed by atoms with E-state index in [2.05, 4.69) is 21.2 Å². The van der Waals surface area contributed by atoms with E-state index in [1.54, 1.807) is 13.0 Å². The van der Waals surface area contributed by atoms with Crippen molar-refractivity contribution in [2.45, 2.75) is 19.4 Å². The zero-order valence-electron chi connectivity index (χ0n) is 11.8. The van der Waals surface area contributed by atoms with E-state index in [0.717, 1.165) is 0 Å². The molecule has 0 bridgehead atoms. The van der Waals surface area contributed by atoms with Crippen LogP contribution in [0.15, 0.2) is 46.9 Å². The molecule has 2 aromatic rings.